The first-order valence-corrected chi connectivity index (χ1v) is 16.2. The summed E-state index contributed by atoms with van der Waals surface area (Å²) in [5.41, 5.74) is 6.27. The van der Waals surface area contributed by atoms with Crippen LogP contribution in [0.4, 0.5) is 0 Å². The summed E-state index contributed by atoms with van der Waals surface area (Å²) >= 11 is 0. The van der Waals surface area contributed by atoms with Crippen molar-refractivity contribution in [3.05, 3.63) is 83.5 Å². The van der Waals surface area contributed by atoms with Crippen LogP contribution in [0.1, 0.15) is 102 Å². The average molecular weight is 591 g/mol. The molecule has 0 spiro atoms. The second-order valence-corrected chi connectivity index (χ2v) is 12.0. The third kappa shape index (κ3) is 12.1. The van der Waals surface area contributed by atoms with E-state index < -0.39 is 24.0 Å². The van der Waals surface area contributed by atoms with Crippen LogP contribution >= 0.6 is 0 Å². The van der Waals surface area contributed by atoms with Crippen LogP contribution in [-0.4, -0.2) is 36.9 Å². The number of rotatable bonds is 21. The first kappa shape index (κ1) is 36.0. The topological polar surface area (TPSA) is 72.8 Å². The third-order valence-corrected chi connectivity index (χ3v) is 8.28. The molecule has 1 N–H and O–H groups in total. The Hall–Kier alpha value is -3.18. The van der Waals surface area contributed by atoms with Gasteiger partial charge in [-0.25, -0.2) is 9.59 Å². The highest BCUT2D eigenvalue weighted by atomic mass is 16.5. The highest BCUT2D eigenvalue weighted by Gasteiger charge is 2.33. The fourth-order valence-corrected chi connectivity index (χ4v) is 5.31. The van der Waals surface area contributed by atoms with Crippen molar-refractivity contribution in [3.8, 4) is 11.1 Å². The summed E-state index contributed by atoms with van der Waals surface area (Å²) in [6.07, 6.45) is 12.7. The van der Waals surface area contributed by atoms with Crippen molar-refractivity contribution in [3.63, 3.8) is 0 Å². The molecule has 0 aliphatic carbocycles. The zero-order chi connectivity index (χ0) is 31.7. The number of aliphatic hydroxyl groups is 1. The van der Waals surface area contributed by atoms with Gasteiger partial charge in [0.1, 0.15) is 13.2 Å². The molecule has 1 atom stereocenters. The summed E-state index contributed by atoms with van der Waals surface area (Å²) in [5.74, 6) is -1.09. The Balaban J connectivity index is 2.17. The van der Waals surface area contributed by atoms with Crippen LogP contribution in [0.3, 0.4) is 0 Å². The van der Waals surface area contributed by atoms with Gasteiger partial charge in [0.05, 0.1) is 12.2 Å². The van der Waals surface area contributed by atoms with E-state index in [1.165, 1.54) is 59.9 Å². The lowest BCUT2D eigenvalue weighted by Crippen LogP contribution is -2.35. The maximum atomic E-state index is 12.3. The average Bonchev–Trinajstić information content (AvgIpc) is 3.03. The molecule has 0 saturated carbocycles. The molecule has 43 heavy (non-hydrogen) atoms. The van der Waals surface area contributed by atoms with E-state index in [1.54, 1.807) is 6.92 Å². The van der Waals surface area contributed by atoms with Crippen molar-refractivity contribution in [2.24, 2.45) is 5.41 Å². The number of hydrogen-bond donors (Lipinski definition) is 1. The zero-order valence-electron chi connectivity index (χ0n) is 27.1. The summed E-state index contributed by atoms with van der Waals surface area (Å²) in [4.78, 5) is 24.6. The summed E-state index contributed by atoms with van der Waals surface area (Å²) in [7, 11) is 0. The van der Waals surface area contributed by atoms with Gasteiger partial charge in [-0.15, -0.1) is 0 Å². The summed E-state index contributed by atoms with van der Waals surface area (Å²) in [6.45, 7) is 15.2. The van der Waals surface area contributed by atoms with E-state index in [0.29, 0.717) is 12.0 Å². The van der Waals surface area contributed by atoms with Crippen molar-refractivity contribution in [1.29, 1.82) is 0 Å². The summed E-state index contributed by atoms with van der Waals surface area (Å²) < 4.78 is 11.2. The van der Waals surface area contributed by atoms with E-state index in [4.69, 9.17) is 9.47 Å². The number of hydrogen-bond acceptors (Lipinski definition) is 5. The quantitative estimate of drug-likeness (QED) is 0.0894. The number of aliphatic hydroxyl groups excluding tert-OH is 1. The molecule has 5 heteroatoms. The maximum Gasteiger partial charge on any atom is 0.335 e. The van der Waals surface area contributed by atoms with Crippen LogP contribution in [-0.2, 0) is 38.3 Å². The molecule has 2 aromatic carbocycles. The van der Waals surface area contributed by atoms with Crippen LogP contribution in [0.2, 0.25) is 0 Å². The number of ether oxygens (including phenoxy) is 2. The highest BCUT2D eigenvalue weighted by molar-refractivity contribution is 5.88. The maximum absolute atomic E-state index is 12.3. The molecule has 0 aliphatic rings. The Morgan fingerprint density at radius 2 is 1.37 bits per heavy atom. The summed E-state index contributed by atoms with van der Waals surface area (Å²) in [5, 5.41) is 9.29. The minimum atomic E-state index is -0.632. The molecule has 0 saturated heterocycles. The molecule has 0 radical (unpaired) electrons. The van der Waals surface area contributed by atoms with Crippen LogP contribution in [0.25, 0.3) is 11.1 Å². The molecule has 0 bridgehead atoms. The predicted octanol–water partition coefficient (Wildman–Crippen LogP) is 8.75. The lowest BCUT2D eigenvalue weighted by molar-refractivity contribution is -0.150. The number of unbranched alkanes of at least 4 members (excludes halogenated alkanes) is 5. The van der Waals surface area contributed by atoms with Crippen molar-refractivity contribution < 1.29 is 24.2 Å². The number of benzene rings is 2. The highest BCUT2D eigenvalue weighted by Crippen LogP contribution is 2.33. The first-order chi connectivity index (χ1) is 20.7. The monoisotopic (exact) mass is 590 g/mol. The SMILES string of the molecule is C=C(C)C(=O)OCC(CCCC)(CCc1ccc(-c2ccc(CCCCCCC)c(CC)c2)cc1)COC(=O)C(=C)CO. The molecule has 0 aromatic heterocycles. The van der Waals surface area contributed by atoms with Crippen molar-refractivity contribution in [2.45, 2.75) is 105 Å². The molecule has 0 amide bonds. The van der Waals surface area contributed by atoms with E-state index in [2.05, 4.69) is 76.4 Å². The van der Waals surface area contributed by atoms with E-state index in [-0.39, 0.29) is 18.8 Å². The predicted molar refractivity (Wildman–Crippen MR) is 177 cm³/mol. The van der Waals surface area contributed by atoms with Gasteiger partial charge in [-0.2, -0.15) is 0 Å². The number of carbonyl (C=O) groups is 2. The van der Waals surface area contributed by atoms with Gasteiger partial charge in [0.25, 0.3) is 0 Å². The molecular formula is C38H54O5. The van der Waals surface area contributed by atoms with Gasteiger partial charge in [-0.05, 0) is 73.3 Å². The fourth-order valence-electron chi connectivity index (χ4n) is 5.31. The minimum absolute atomic E-state index is 0.00477. The molecule has 0 fully saturated rings. The van der Waals surface area contributed by atoms with Gasteiger partial charge in [0, 0.05) is 11.0 Å². The van der Waals surface area contributed by atoms with Crippen molar-refractivity contribution >= 4 is 11.9 Å². The Labute approximate surface area is 260 Å². The number of carbonyl (C=O) groups excluding carboxylic acids is 2. The molecule has 1 unspecified atom stereocenters. The number of esters is 2. The van der Waals surface area contributed by atoms with Crippen molar-refractivity contribution in [1.82, 2.24) is 0 Å². The molecule has 2 rings (SSSR count). The normalized spacial score (nSPS) is 12.4. The third-order valence-electron chi connectivity index (χ3n) is 8.28. The molecule has 2 aromatic rings. The number of aryl methyl sites for hydroxylation is 3. The van der Waals surface area contributed by atoms with Crippen LogP contribution in [0.5, 0.6) is 0 Å². The molecule has 0 aliphatic heterocycles. The molecule has 0 heterocycles. The molecule has 5 nitrogen and oxygen atoms in total. The molecule has 236 valence electrons. The van der Waals surface area contributed by atoms with E-state index in [1.807, 2.05) is 0 Å². The van der Waals surface area contributed by atoms with E-state index >= 15 is 0 Å². The zero-order valence-corrected chi connectivity index (χ0v) is 27.1. The van der Waals surface area contributed by atoms with E-state index in [0.717, 1.165) is 38.5 Å². The largest absolute Gasteiger partial charge is 0.462 e. The Morgan fingerprint density at radius 1 is 0.744 bits per heavy atom. The Kier molecular flexibility index (Phi) is 16.1. The Morgan fingerprint density at radius 3 is 1.98 bits per heavy atom. The standard InChI is InChI=1S/C38H54O5/c1-7-10-12-13-14-15-33-20-21-35(25-32(33)9-3)34-18-16-31(17-19-34)22-24-38(23-11-8-2,27-42-36(40)29(4)5)28-43-37(41)30(6)26-39/h16-21,25,39H,4,6-15,22-24,26-28H2,1-3,5H3. The van der Waals surface area contributed by atoms with Crippen LogP contribution < -0.4 is 0 Å². The second kappa shape index (κ2) is 19.2. The van der Waals surface area contributed by atoms with Crippen LogP contribution in [0.15, 0.2) is 66.8 Å². The van der Waals surface area contributed by atoms with Crippen LogP contribution in [0, 0.1) is 5.41 Å². The van der Waals surface area contributed by atoms with Gasteiger partial charge < -0.3 is 14.6 Å². The van der Waals surface area contributed by atoms with Crippen molar-refractivity contribution in [2.75, 3.05) is 19.8 Å². The van der Waals surface area contributed by atoms with Gasteiger partial charge >= 0.3 is 11.9 Å². The Bertz CT molecular complexity index is 1180. The summed E-state index contributed by atoms with van der Waals surface area (Å²) in [6, 6.07) is 15.6. The second-order valence-electron chi connectivity index (χ2n) is 12.0. The van der Waals surface area contributed by atoms with Gasteiger partial charge in [-0.1, -0.05) is 115 Å². The van der Waals surface area contributed by atoms with Gasteiger partial charge in [0.15, 0.2) is 0 Å². The lowest BCUT2D eigenvalue weighted by atomic mass is 9.79. The van der Waals surface area contributed by atoms with Gasteiger partial charge in [0.2, 0.25) is 0 Å². The van der Waals surface area contributed by atoms with E-state index in [9.17, 15) is 14.7 Å². The fraction of sp³-hybridized carbons (Fsp3) is 0.526. The smallest absolute Gasteiger partial charge is 0.335 e. The minimum Gasteiger partial charge on any atom is -0.462 e. The van der Waals surface area contributed by atoms with Gasteiger partial charge in [-0.3, -0.25) is 0 Å². The first-order valence-electron chi connectivity index (χ1n) is 16.2. The lowest BCUT2D eigenvalue weighted by Gasteiger charge is -2.33. The molecular weight excluding hydrogens is 536 g/mol.